The van der Waals surface area contributed by atoms with E-state index in [4.69, 9.17) is 0 Å². The van der Waals surface area contributed by atoms with Gasteiger partial charge in [-0.2, -0.15) is 0 Å². The van der Waals surface area contributed by atoms with E-state index in [0.717, 1.165) is 4.47 Å². The predicted octanol–water partition coefficient (Wildman–Crippen LogP) is 4.14. The standard InChI is InChI=1S/C13H20BrN/c1-9(2)10(3)15-11(4)12-6-5-7-13(14)8-12/h5-11,15H,1-4H3. The predicted molar refractivity (Wildman–Crippen MR) is 70.0 cm³/mol. The molecule has 0 bridgehead atoms. The van der Waals surface area contributed by atoms with Gasteiger partial charge >= 0.3 is 0 Å². The normalized spacial score (nSPS) is 15.3. The molecule has 1 aromatic carbocycles. The van der Waals surface area contributed by atoms with Crippen LogP contribution in [0.5, 0.6) is 0 Å². The Bertz CT molecular complexity index is 309. The van der Waals surface area contributed by atoms with Crippen LogP contribution in [0.4, 0.5) is 0 Å². The molecule has 1 rings (SSSR count). The molecule has 2 heteroatoms. The molecule has 84 valence electrons. The average molecular weight is 270 g/mol. The zero-order chi connectivity index (χ0) is 11.4. The van der Waals surface area contributed by atoms with Crippen LogP contribution in [0.15, 0.2) is 28.7 Å². The topological polar surface area (TPSA) is 12.0 Å². The van der Waals surface area contributed by atoms with E-state index < -0.39 is 0 Å². The van der Waals surface area contributed by atoms with E-state index in [0.29, 0.717) is 18.0 Å². The Morgan fingerprint density at radius 2 is 1.80 bits per heavy atom. The van der Waals surface area contributed by atoms with Gasteiger partial charge in [-0.05, 0) is 37.5 Å². The smallest absolute Gasteiger partial charge is 0.0294 e. The first-order chi connectivity index (χ1) is 7.00. The summed E-state index contributed by atoms with van der Waals surface area (Å²) in [4.78, 5) is 0. The molecule has 0 heterocycles. The van der Waals surface area contributed by atoms with Crippen molar-refractivity contribution in [1.82, 2.24) is 5.32 Å². The van der Waals surface area contributed by atoms with Crippen molar-refractivity contribution in [2.75, 3.05) is 0 Å². The fourth-order valence-electron chi connectivity index (χ4n) is 1.46. The van der Waals surface area contributed by atoms with E-state index in [2.05, 4.69) is 73.2 Å². The second kappa shape index (κ2) is 5.66. The molecule has 0 amide bonds. The number of nitrogens with one attached hydrogen (secondary N) is 1. The van der Waals surface area contributed by atoms with Crippen LogP contribution in [0.2, 0.25) is 0 Å². The Hall–Kier alpha value is -0.340. The fraction of sp³-hybridized carbons (Fsp3) is 0.538. The molecule has 0 saturated heterocycles. The first-order valence-electron chi connectivity index (χ1n) is 5.52. The number of benzene rings is 1. The van der Waals surface area contributed by atoms with Gasteiger partial charge in [0.2, 0.25) is 0 Å². The summed E-state index contributed by atoms with van der Waals surface area (Å²) in [6.07, 6.45) is 0. The highest BCUT2D eigenvalue weighted by atomic mass is 79.9. The van der Waals surface area contributed by atoms with Crippen LogP contribution in [-0.4, -0.2) is 6.04 Å². The summed E-state index contributed by atoms with van der Waals surface area (Å²) in [6, 6.07) is 9.42. The zero-order valence-corrected chi connectivity index (χ0v) is 11.5. The van der Waals surface area contributed by atoms with Gasteiger partial charge in [0.15, 0.2) is 0 Å². The highest BCUT2D eigenvalue weighted by molar-refractivity contribution is 9.10. The quantitative estimate of drug-likeness (QED) is 0.866. The lowest BCUT2D eigenvalue weighted by Crippen LogP contribution is -2.32. The molecule has 0 spiro atoms. The molecule has 2 atom stereocenters. The second-order valence-electron chi connectivity index (χ2n) is 4.48. The van der Waals surface area contributed by atoms with E-state index in [1.54, 1.807) is 0 Å². The Labute approximate surface area is 101 Å². The van der Waals surface area contributed by atoms with E-state index >= 15 is 0 Å². The van der Waals surface area contributed by atoms with Gasteiger partial charge in [0.1, 0.15) is 0 Å². The molecular formula is C13H20BrN. The lowest BCUT2D eigenvalue weighted by molar-refractivity contribution is 0.389. The minimum Gasteiger partial charge on any atom is -0.307 e. The Kier molecular flexibility index (Phi) is 4.81. The van der Waals surface area contributed by atoms with Crippen molar-refractivity contribution in [3.8, 4) is 0 Å². The SMILES string of the molecule is CC(NC(C)C(C)C)c1cccc(Br)c1. The van der Waals surface area contributed by atoms with Crippen LogP contribution in [0.1, 0.15) is 39.3 Å². The highest BCUT2D eigenvalue weighted by Crippen LogP contribution is 2.19. The minimum atomic E-state index is 0.403. The summed E-state index contributed by atoms with van der Waals surface area (Å²) >= 11 is 3.50. The van der Waals surface area contributed by atoms with E-state index in [-0.39, 0.29) is 0 Å². The summed E-state index contributed by atoms with van der Waals surface area (Å²) < 4.78 is 1.14. The van der Waals surface area contributed by atoms with Crippen molar-refractivity contribution in [3.63, 3.8) is 0 Å². The summed E-state index contributed by atoms with van der Waals surface area (Å²) in [5.74, 6) is 0.666. The van der Waals surface area contributed by atoms with Crippen molar-refractivity contribution in [1.29, 1.82) is 0 Å². The number of rotatable bonds is 4. The molecule has 0 aromatic heterocycles. The van der Waals surface area contributed by atoms with E-state index in [9.17, 15) is 0 Å². The van der Waals surface area contributed by atoms with Gasteiger partial charge in [0.05, 0.1) is 0 Å². The maximum Gasteiger partial charge on any atom is 0.0294 e. The lowest BCUT2D eigenvalue weighted by atomic mass is 10.0. The maximum atomic E-state index is 3.60. The monoisotopic (exact) mass is 269 g/mol. The molecule has 1 N–H and O–H groups in total. The molecule has 0 aliphatic carbocycles. The van der Waals surface area contributed by atoms with Crippen molar-refractivity contribution in [3.05, 3.63) is 34.3 Å². The van der Waals surface area contributed by atoms with Gasteiger partial charge in [0, 0.05) is 16.6 Å². The summed E-state index contributed by atoms with van der Waals surface area (Å²) in [6.45, 7) is 8.93. The van der Waals surface area contributed by atoms with Gasteiger partial charge < -0.3 is 5.32 Å². The van der Waals surface area contributed by atoms with Gasteiger partial charge in [-0.3, -0.25) is 0 Å². The Balaban J connectivity index is 2.64. The average Bonchev–Trinajstić information content (AvgIpc) is 2.17. The molecule has 15 heavy (non-hydrogen) atoms. The van der Waals surface area contributed by atoms with Crippen LogP contribution in [-0.2, 0) is 0 Å². The van der Waals surface area contributed by atoms with Crippen molar-refractivity contribution in [2.24, 2.45) is 5.92 Å². The highest BCUT2D eigenvalue weighted by Gasteiger charge is 2.11. The third-order valence-corrected chi connectivity index (χ3v) is 3.35. The third kappa shape index (κ3) is 3.96. The number of hydrogen-bond donors (Lipinski definition) is 1. The number of halogens is 1. The first kappa shape index (κ1) is 12.7. The molecule has 2 unspecified atom stereocenters. The third-order valence-electron chi connectivity index (χ3n) is 2.86. The second-order valence-corrected chi connectivity index (χ2v) is 5.39. The first-order valence-corrected chi connectivity index (χ1v) is 6.31. The van der Waals surface area contributed by atoms with Gasteiger partial charge in [-0.25, -0.2) is 0 Å². The molecule has 0 radical (unpaired) electrons. The van der Waals surface area contributed by atoms with E-state index in [1.165, 1.54) is 5.56 Å². The maximum absolute atomic E-state index is 3.60. The van der Waals surface area contributed by atoms with Crippen molar-refractivity contribution >= 4 is 15.9 Å². The summed E-state index contributed by atoms with van der Waals surface area (Å²) in [5, 5.41) is 3.60. The minimum absolute atomic E-state index is 0.403. The van der Waals surface area contributed by atoms with Gasteiger partial charge in [0.25, 0.3) is 0 Å². The van der Waals surface area contributed by atoms with Gasteiger partial charge in [-0.1, -0.05) is 41.9 Å². The van der Waals surface area contributed by atoms with Crippen LogP contribution < -0.4 is 5.32 Å². The zero-order valence-electron chi connectivity index (χ0n) is 9.92. The van der Waals surface area contributed by atoms with Crippen molar-refractivity contribution in [2.45, 2.75) is 39.8 Å². The molecule has 1 nitrogen and oxygen atoms in total. The van der Waals surface area contributed by atoms with Crippen LogP contribution in [0.25, 0.3) is 0 Å². The molecule has 1 aromatic rings. The lowest BCUT2D eigenvalue weighted by Gasteiger charge is -2.23. The molecular weight excluding hydrogens is 250 g/mol. The molecule has 0 saturated carbocycles. The van der Waals surface area contributed by atoms with Gasteiger partial charge in [-0.15, -0.1) is 0 Å². The van der Waals surface area contributed by atoms with Crippen LogP contribution >= 0.6 is 15.9 Å². The largest absolute Gasteiger partial charge is 0.307 e. The number of hydrogen-bond acceptors (Lipinski definition) is 1. The Morgan fingerprint density at radius 3 is 2.33 bits per heavy atom. The molecule has 0 fully saturated rings. The summed E-state index contributed by atoms with van der Waals surface area (Å²) in [5.41, 5.74) is 1.33. The van der Waals surface area contributed by atoms with Crippen molar-refractivity contribution < 1.29 is 0 Å². The fourth-order valence-corrected chi connectivity index (χ4v) is 1.88. The van der Waals surface area contributed by atoms with E-state index in [1.807, 2.05) is 0 Å². The van der Waals surface area contributed by atoms with Crippen LogP contribution in [0, 0.1) is 5.92 Å². The molecule has 0 aliphatic heterocycles. The summed E-state index contributed by atoms with van der Waals surface area (Å²) in [7, 11) is 0. The molecule has 0 aliphatic rings. The Morgan fingerprint density at radius 1 is 1.13 bits per heavy atom. The van der Waals surface area contributed by atoms with Crippen LogP contribution in [0.3, 0.4) is 0 Å².